The number of aliphatic hydroxyl groups excluding tert-OH is 1. The van der Waals surface area contributed by atoms with Gasteiger partial charge in [-0.1, -0.05) is 49.4 Å². The van der Waals surface area contributed by atoms with E-state index in [1.54, 1.807) is 22.9 Å². The minimum absolute atomic E-state index is 0.103. The Hall–Kier alpha value is -3.78. The third-order valence-electron chi connectivity index (χ3n) is 6.98. The summed E-state index contributed by atoms with van der Waals surface area (Å²) in [5.74, 6) is 0.216. The maximum atomic E-state index is 13.5. The van der Waals surface area contributed by atoms with Gasteiger partial charge in [0.25, 0.3) is 5.91 Å². The number of hydrogen-bond acceptors (Lipinski definition) is 5. The van der Waals surface area contributed by atoms with Crippen LogP contribution in [0.15, 0.2) is 60.7 Å². The Morgan fingerprint density at radius 1 is 1.11 bits per heavy atom. The zero-order valence-corrected chi connectivity index (χ0v) is 22.1. The molecule has 0 aliphatic carbocycles. The van der Waals surface area contributed by atoms with Crippen LogP contribution in [0.25, 0.3) is 10.8 Å². The van der Waals surface area contributed by atoms with Gasteiger partial charge in [0.15, 0.2) is 5.75 Å². The summed E-state index contributed by atoms with van der Waals surface area (Å²) in [4.78, 5) is 32.0. The Balaban J connectivity index is 1.62. The number of nitrogens with one attached hydrogen (secondary N) is 1. The lowest BCUT2D eigenvalue weighted by atomic mass is 9.99. The summed E-state index contributed by atoms with van der Waals surface area (Å²) >= 11 is 0. The van der Waals surface area contributed by atoms with E-state index in [1.807, 2.05) is 87.4 Å². The summed E-state index contributed by atoms with van der Waals surface area (Å²) in [6, 6.07) is 18.7. The number of ether oxygens (including phenoxy) is 1. The van der Waals surface area contributed by atoms with Gasteiger partial charge in [0.1, 0.15) is 6.10 Å². The number of anilines is 2. The van der Waals surface area contributed by atoms with Gasteiger partial charge in [0, 0.05) is 39.0 Å². The van der Waals surface area contributed by atoms with Crippen molar-refractivity contribution < 1.29 is 19.4 Å². The normalized spacial score (nSPS) is 18.3. The molecule has 0 bridgehead atoms. The lowest BCUT2D eigenvalue weighted by Gasteiger charge is -2.39. The zero-order valence-electron chi connectivity index (χ0n) is 22.1. The predicted octanol–water partition coefficient (Wildman–Crippen LogP) is 4.29. The highest BCUT2D eigenvalue weighted by atomic mass is 16.5. The SMILES string of the molecule is C[C@@H]1CN([C@@H](C)CO)C(=O)c2cccc(N(C)C)c2O[C@H]1CN(C)C(=O)Nc1cccc2ccccc12. The van der Waals surface area contributed by atoms with Gasteiger partial charge in [-0.25, -0.2) is 4.79 Å². The molecule has 0 saturated heterocycles. The van der Waals surface area contributed by atoms with Gasteiger partial charge in [-0.05, 0) is 30.5 Å². The second kappa shape index (κ2) is 11.1. The van der Waals surface area contributed by atoms with Crippen molar-refractivity contribution in [2.24, 2.45) is 5.92 Å². The highest BCUT2D eigenvalue weighted by Crippen LogP contribution is 2.36. The molecular weight excluding hydrogens is 468 g/mol. The maximum Gasteiger partial charge on any atom is 0.321 e. The number of rotatable bonds is 6. The molecule has 1 aliphatic rings. The molecule has 8 nitrogen and oxygen atoms in total. The van der Waals surface area contributed by atoms with Gasteiger partial charge in [-0.15, -0.1) is 0 Å². The monoisotopic (exact) mass is 504 g/mol. The molecule has 3 atom stereocenters. The first-order valence-corrected chi connectivity index (χ1v) is 12.6. The first kappa shape index (κ1) is 26.3. The van der Waals surface area contributed by atoms with Crippen LogP contribution >= 0.6 is 0 Å². The second-order valence-corrected chi connectivity index (χ2v) is 10.0. The third kappa shape index (κ3) is 5.49. The number of amides is 3. The highest BCUT2D eigenvalue weighted by Gasteiger charge is 2.35. The van der Waals surface area contributed by atoms with Crippen LogP contribution in [0.4, 0.5) is 16.2 Å². The van der Waals surface area contributed by atoms with Crippen LogP contribution in [-0.2, 0) is 0 Å². The van der Waals surface area contributed by atoms with Crippen molar-refractivity contribution in [3.8, 4) is 5.75 Å². The zero-order chi connectivity index (χ0) is 26.7. The number of carbonyl (C=O) groups excluding carboxylic acids is 2. The molecule has 37 heavy (non-hydrogen) atoms. The van der Waals surface area contributed by atoms with Crippen molar-refractivity contribution in [3.05, 3.63) is 66.2 Å². The molecule has 8 heteroatoms. The van der Waals surface area contributed by atoms with E-state index in [2.05, 4.69) is 5.32 Å². The lowest BCUT2D eigenvalue weighted by molar-refractivity contribution is 0.0372. The molecule has 0 spiro atoms. The summed E-state index contributed by atoms with van der Waals surface area (Å²) in [5.41, 5.74) is 1.98. The van der Waals surface area contributed by atoms with Crippen LogP contribution in [0.2, 0.25) is 0 Å². The number of urea groups is 1. The quantitative estimate of drug-likeness (QED) is 0.523. The Bertz CT molecular complexity index is 1270. The van der Waals surface area contributed by atoms with Crippen molar-refractivity contribution >= 4 is 34.1 Å². The number of para-hydroxylation sites is 1. The summed E-state index contributed by atoms with van der Waals surface area (Å²) in [7, 11) is 5.55. The predicted molar refractivity (Wildman–Crippen MR) is 148 cm³/mol. The molecule has 4 rings (SSSR count). The van der Waals surface area contributed by atoms with Crippen molar-refractivity contribution in [2.75, 3.05) is 51.1 Å². The minimum atomic E-state index is -0.385. The fourth-order valence-corrected chi connectivity index (χ4v) is 4.70. The van der Waals surface area contributed by atoms with Gasteiger partial charge in [0.2, 0.25) is 0 Å². The van der Waals surface area contributed by atoms with E-state index in [9.17, 15) is 14.7 Å². The molecular formula is C29H36N4O4. The molecule has 0 aromatic heterocycles. The molecule has 0 radical (unpaired) electrons. The van der Waals surface area contributed by atoms with Crippen LogP contribution in [-0.4, -0.2) is 79.8 Å². The molecule has 3 amide bonds. The summed E-state index contributed by atoms with van der Waals surface area (Å²) in [5, 5.41) is 14.9. The lowest BCUT2D eigenvalue weighted by Crippen LogP contribution is -2.50. The number of aliphatic hydroxyl groups is 1. The molecule has 3 aromatic rings. The van der Waals surface area contributed by atoms with E-state index in [0.717, 1.165) is 22.1 Å². The fourth-order valence-electron chi connectivity index (χ4n) is 4.70. The van der Waals surface area contributed by atoms with E-state index >= 15 is 0 Å². The third-order valence-corrected chi connectivity index (χ3v) is 6.98. The average Bonchev–Trinajstić information content (AvgIpc) is 2.89. The van der Waals surface area contributed by atoms with Crippen molar-refractivity contribution in [1.82, 2.24) is 9.80 Å². The summed E-state index contributed by atoms with van der Waals surface area (Å²) in [6.45, 7) is 4.42. The van der Waals surface area contributed by atoms with Crippen molar-refractivity contribution in [2.45, 2.75) is 26.0 Å². The number of hydrogen-bond donors (Lipinski definition) is 2. The van der Waals surface area contributed by atoms with E-state index in [1.165, 1.54) is 0 Å². The summed E-state index contributed by atoms with van der Waals surface area (Å²) in [6.07, 6.45) is -0.385. The van der Waals surface area contributed by atoms with Crippen LogP contribution in [0.5, 0.6) is 5.75 Å². The molecule has 196 valence electrons. The largest absolute Gasteiger partial charge is 0.485 e. The molecule has 0 unspecified atom stereocenters. The standard InChI is InChI=1S/C29H36N4O4/c1-19-16-33(20(2)18-34)28(35)23-13-9-15-25(31(3)4)27(23)37-26(19)17-32(5)29(36)30-24-14-8-11-21-10-6-7-12-22(21)24/h6-15,19-20,26,34H,16-18H2,1-5H3,(H,30,36)/t19-,20+,26+/m1/s1. The Morgan fingerprint density at radius 3 is 2.54 bits per heavy atom. The van der Waals surface area contributed by atoms with Crippen molar-refractivity contribution in [3.63, 3.8) is 0 Å². The van der Waals surface area contributed by atoms with E-state index < -0.39 is 0 Å². The number of carbonyl (C=O) groups is 2. The average molecular weight is 505 g/mol. The molecule has 0 fully saturated rings. The smallest absolute Gasteiger partial charge is 0.321 e. The molecule has 1 aliphatic heterocycles. The fraction of sp³-hybridized carbons (Fsp3) is 0.379. The molecule has 1 heterocycles. The second-order valence-electron chi connectivity index (χ2n) is 10.0. The van der Waals surface area contributed by atoms with Crippen LogP contribution < -0.4 is 15.0 Å². The molecule has 3 aromatic carbocycles. The van der Waals surface area contributed by atoms with Gasteiger partial charge in [0.05, 0.1) is 36.1 Å². The van der Waals surface area contributed by atoms with Crippen LogP contribution in [0.3, 0.4) is 0 Å². The van der Waals surface area contributed by atoms with E-state index in [0.29, 0.717) is 24.4 Å². The number of benzene rings is 3. The molecule has 0 saturated carbocycles. The van der Waals surface area contributed by atoms with Gasteiger partial charge >= 0.3 is 6.03 Å². The van der Waals surface area contributed by atoms with Crippen LogP contribution in [0, 0.1) is 5.92 Å². The van der Waals surface area contributed by atoms with Gasteiger partial charge in [-0.2, -0.15) is 0 Å². The van der Waals surface area contributed by atoms with Gasteiger partial charge in [-0.3, -0.25) is 4.79 Å². The van der Waals surface area contributed by atoms with E-state index in [4.69, 9.17) is 4.74 Å². The Morgan fingerprint density at radius 2 is 1.81 bits per heavy atom. The van der Waals surface area contributed by atoms with Crippen LogP contribution in [0.1, 0.15) is 24.2 Å². The summed E-state index contributed by atoms with van der Waals surface area (Å²) < 4.78 is 6.54. The Labute approximate surface area is 218 Å². The number of fused-ring (bicyclic) bond motifs is 2. The Kier molecular flexibility index (Phi) is 7.88. The topological polar surface area (TPSA) is 85.4 Å². The first-order chi connectivity index (χ1) is 17.7. The van der Waals surface area contributed by atoms with E-state index in [-0.39, 0.29) is 36.6 Å². The highest BCUT2D eigenvalue weighted by molar-refractivity contribution is 6.01. The minimum Gasteiger partial charge on any atom is -0.485 e. The maximum absolute atomic E-state index is 13.5. The van der Waals surface area contributed by atoms with Crippen molar-refractivity contribution in [1.29, 1.82) is 0 Å². The molecule has 2 N–H and O–H groups in total. The number of likely N-dealkylation sites (N-methyl/N-ethyl adjacent to an activating group) is 1. The first-order valence-electron chi connectivity index (χ1n) is 12.6. The van der Waals surface area contributed by atoms with Gasteiger partial charge < -0.3 is 29.9 Å². The number of nitrogens with zero attached hydrogens (tertiary/aromatic N) is 3.